The molecule has 0 saturated heterocycles. The number of anilines is 1. The Bertz CT molecular complexity index is 758. The van der Waals surface area contributed by atoms with Crippen molar-refractivity contribution in [2.45, 2.75) is 20.3 Å². The summed E-state index contributed by atoms with van der Waals surface area (Å²) in [4.78, 5) is 34.0. The molecule has 1 aromatic heterocycles. The number of aromatic nitrogens is 1. The summed E-state index contributed by atoms with van der Waals surface area (Å²) in [7, 11) is 3.95. The summed E-state index contributed by atoms with van der Waals surface area (Å²) in [6, 6.07) is 9.17. The summed E-state index contributed by atoms with van der Waals surface area (Å²) in [5, 5.41) is 3.34. The van der Waals surface area contributed by atoms with Crippen molar-refractivity contribution in [1.29, 1.82) is 0 Å². The first kappa shape index (κ1) is 21.8. The van der Waals surface area contributed by atoms with Gasteiger partial charge >= 0.3 is 0 Å². The Morgan fingerprint density at radius 2 is 1.86 bits per heavy atom. The van der Waals surface area contributed by atoms with Gasteiger partial charge < -0.3 is 19.9 Å². The number of carbonyl (C=O) groups is 2. The highest BCUT2D eigenvalue weighted by atomic mass is 32.1. The van der Waals surface area contributed by atoms with Crippen LogP contribution in [0.5, 0.6) is 5.75 Å². The van der Waals surface area contributed by atoms with Crippen LogP contribution in [0.3, 0.4) is 0 Å². The van der Waals surface area contributed by atoms with Gasteiger partial charge in [0.15, 0.2) is 11.7 Å². The molecule has 2 amide bonds. The number of ether oxygens (including phenoxy) is 1. The molecule has 0 aliphatic carbocycles. The van der Waals surface area contributed by atoms with E-state index in [1.165, 1.54) is 16.2 Å². The van der Waals surface area contributed by atoms with Gasteiger partial charge in [0.25, 0.3) is 5.91 Å². The number of nitrogens with one attached hydrogen (secondary N) is 1. The average Bonchev–Trinajstić information content (AvgIpc) is 2.96. The number of benzene rings is 1. The number of para-hydroxylation sites is 1. The topological polar surface area (TPSA) is 74.8 Å². The number of rotatable bonds is 10. The van der Waals surface area contributed by atoms with Crippen LogP contribution in [0.2, 0.25) is 0 Å². The lowest BCUT2D eigenvalue weighted by molar-refractivity contribution is -0.136. The summed E-state index contributed by atoms with van der Waals surface area (Å²) in [5.74, 6) is 0.151. The van der Waals surface area contributed by atoms with Gasteiger partial charge in [-0.25, -0.2) is 4.98 Å². The zero-order valence-electron chi connectivity index (χ0n) is 16.9. The van der Waals surface area contributed by atoms with E-state index in [0.29, 0.717) is 17.4 Å². The molecule has 0 aliphatic heterocycles. The number of aryl methyl sites for hydroxylation is 2. The number of thiazole rings is 1. The minimum absolute atomic E-state index is 0.0257. The maximum absolute atomic E-state index is 12.6. The van der Waals surface area contributed by atoms with E-state index >= 15 is 0 Å². The maximum Gasteiger partial charge on any atom is 0.260 e. The van der Waals surface area contributed by atoms with Gasteiger partial charge in [-0.2, -0.15) is 0 Å². The van der Waals surface area contributed by atoms with Gasteiger partial charge in [-0.3, -0.25) is 9.59 Å². The molecule has 152 valence electrons. The largest absolute Gasteiger partial charge is 0.484 e. The van der Waals surface area contributed by atoms with Crippen LogP contribution in [0.15, 0.2) is 30.3 Å². The Kier molecular flexibility index (Phi) is 8.41. The van der Waals surface area contributed by atoms with Gasteiger partial charge in [0.1, 0.15) is 12.3 Å². The second kappa shape index (κ2) is 10.8. The first-order valence-electron chi connectivity index (χ1n) is 9.19. The fourth-order valence-electron chi connectivity index (χ4n) is 2.48. The molecule has 1 heterocycles. The second-order valence-corrected chi connectivity index (χ2v) is 7.99. The van der Waals surface area contributed by atoms with Crippen LogP contribution in [-0.2, 0) is 9.59 Å². The molecule has 8 heteroatoms. The van der Waals surface area contributed by atoms with Crippen molar-refractivity contribution in [1.82, 2.24) is 14.8 Å². The zero-order chi connectivity index (χ0) is 20.5. The molecule has 1 aromatic carbocycles. The molecule has 2 rings (SSSR count). The molecule has 0 fully saturated rings. The maximum atomic E-state index is 12.6. The number of nitrogens with zero attached hydrogens (tertiary/aromatic N) is 3. The van der Waals surface area contributed by atoms with Gasteiger partial charge in [0.05, 0.1) is 5.69 Å². The van der Waals surface area contributed by atoms with E-state index in [1.807, 2.05) is 51.0 Å². The highest BCUT2D eigenvalue weighted by Gasteiger charge is 2.19. The van der Waals surface area contributed by atoms with Gasteiger partial charge in [0, 0.05) is 11.4 Å². The molecule has 0 atom stereocenters. The van der Waals surface area contributed by atoms with Gasteiger partial charge in [0.2, 0.25) is 5.91 Å². The van der Waals surface area contributed by atoms with E-state index in [1.54, 1.807) is 12.1 Å². The number of hydrogen-bond donors (Lipinski definition) is 1. The van der Waals surface area contributed by atoms with Gasteiger partial charge in [-0.15, -0.1) is 11.3 Å². The van der Waals surface area contributed by atoms with Crippen LogP contribution in [0.25, 0.3) is 0 Å². The molecule has 0 radical (unpaired) electrons. The summed E-state index contributed by atoms with van der Waals surface area (Å²) < 4.78 is 5.55. The third kappa shape index (κ3) is 7.28. The fraction of sp³-hybridized carbons (Fsp3) is 0.450. The third-order valence-electron chi connectivity index (χ3n) is 4.10. The van der Waals surface area contributed by atoms with Crippen molar-refractivity contribution < 1.29 is 14.3 Å². The Morgan fingerprint density at radius 1 is 1.14 bits per heavy atom. The van der Waals surface area contributed by atoms with Crippen LogP contribution in [0, 0.1) is 13.8 Å². The van der Waals surface area contributed by atoms with E-state index < -0.39 is 0 Å². The lowest BCUT2D eigenvalue weighted by atomic mass is 10.3. The molecule has 0 saturated carbocycles. The molecule has 7 nitrogen and oxygen atoms in total. The van der Waals surface area contributed by atoms with Crippen LogP contribution in [-0.4, -0.2) is 66.9 Å². The molecule has 0 aliphatic rings. The third-order valence-corrected chi connectivity index (χ3v) is 5.09. The molecule has 1 N–H and O–H groups in total. The van der Waals surface area contributed by atoms with Gasteiger partial charge in [-0.1, -0.05) is 18.2 Å². The normalized spacial score (nSPS) is 10.8. The number of carbonyl (C=O) groups excluding carboxylic acids is 2. The van der Waals surface area contributed by atoms with Crippen LogP contribution < -0.4 is 10.1 Å². The average molecular weight is 405 g/mol. The van der Waals surface area contributed by atoms with E-state index in [2.05, 4.69) is 10.3 Å². The van der Waals surface area contributed by atoms with Crippen molar-refractivity contribution in [2.75, 3.05) is 45.7 Å². The standard InChI is InChI=1S/C20H28N4O3S/c1-15-16(2)28-20(21-15)22-18(25)13-24(12-8-11-23(3)4)19(26)14-27-17-9-6-5-7-10-17/h5-7,9-10H,8,11-14H2,1-4H3,(H,21,22,25). The van der Waals surface area contributed by atoms with Crippen molar-refractivity contribution in [3.8, 4) is 5.75 Å². The highest BCUT2D eigenvalue weighted by Crippen LogP contribution is 2.21. The molecular weight excluding hydrogens is 376 g/mol. The van der Waals surface area contributed by atoms with Crippen molar-refractivity contribution >= 4 is 28.3 Å². The summed E-state index contributed by atoms with van der Waals surface area (Å²) in [5.41, 5.74) is 0.899. The highest BCUT2D eigenvalue weighted by molar-refractivity contribution is 7.15. The number of hydrogen-bond acceptors (Lipinski definition) is 6. The minimum atomic E-state index is -0.258. The Labute approximate surface area is 170 Å². The molecule has 28 heavy (non-hydrogen) atoms. The lowest BCUT2D eigenvalue weighted by Gasteiger charge is -2.23. The van der Waals surface area contributed by atoms with Crippen molar-refractivity contribution in [3.63, 3.8) is 0 Å². The van der Waals surface area contributed by atoms with E-state index in [4.69, 9.17) is 4.74 Å². The van der Waals surface area contributed by atoms with Crippen molar-refractivity contribution in [2.24, 2.45) is 0 Å². The molecular formula is C20H28N4O3S. The monoisotopic (exact) mass is 404 g/mol. The Balaban J connectivity index is 1.94. The molecule has 0 unspecified atom stereocenters. The van der Waals surface area contributed by atoms with Crippen LogP contribution >= 0.6 is 11.3 Å². The Morgan fingerprint density at radius 3 is 2.46 bits per heavy atom. The molecule has 2 aromatic rings. The summed E-state index contributed by atoms with van der Waals surface area (Å²) in [6.45, 7) is 5.05. The summed E-state index contributed by atoms with van der Waals surface area (Å²) in [6.07, 6.45) is 0.771. The van der Waals surface area contributed by atoms with E-state index in [-0.39, 0.29) is 25.0 Å². The predicted molar refractivity (Wildman–Crippen MR) is 112 cm³/mol. The van der Waals surface area contributed by atoms with Crippen molar-refractivity contribution in [3.05, 3.63) is 40.9 Å². The smallest absolute Gasteiger partial charge is 0.260 e. The van der Waals surface area contributed by atoms with Gasteiger partial charge in [-0.05, 0) is 53.0 Å². The second-order valence-electron chi connectivity index (χ2n) is 6.78. The Hall–Kier alpha value is -2.45. The number of amides is 2. The fourth-order valence-corrected chi connectivity index (χ4v) is 3.31. The zero-order valence-corrected chi connectivity index (χ0v) is 17.7. The molecule has 0 spiro atoms. The first-order chi connectivity index (χ1) is 13.3. The SMILES string of the molecule is Cc1nc(NC(=O)CN(CCCN(C)C)C(=O)COc2ccccc2)sc1C. The lowest BCUT2D eigenvalue weighted by Crippen LogP contribution is -2.41. The summed E-state index contributed by atoms with van der Waals surface area (Å²) >= 11 is 1.43. The van der Waals surface area contributed by atoms with Crippen LogP contribution in [0.4, 0.5) is 5.13 Å². The quantitative estimate of drug-likeness (QED) is 0.659. The van der Waals surface area contributed by atoms with E-state index in [0.717, 1.165) is 23.5 Å². The minimum Gasteiger partial charge on any atom is -0.484 e. The first-order valence-corrected chi connectivity index (χ1v) is 10.0. The van der Waals surface area contributed by atoms with E-state index in [9.17, 15) is 9.59 Å². The van der Waals surface area contributed by atoms with Crippen LogP contribution in [0.1, 0.15) is 17.0 Å². The molecule has 0 bridgehead atoms. The predicted octanol–water partition coefficient (Wildman–Crippen LogP) is 2.56.